The molecule has 0 bridgehead atoms. The molecule has 23 heavy (non-hydrogen) atoms. The van der Waals surface area contributed by atoms with Crippen LogP contribution in [0.15, 0.2) is 18.2 Å². The van der Waals surface area contributed by atoms with Gasteiger partial charge >= 0.3 is 0 Å². The number of hydrogen-bond acceptors (Lipinski definition) is 4. The molecule has 1 N–H and O–H groups in total. The lowest BCUT2D eigenvalue weighted by Gasteiger charge is -2.35. The SMILES string of the molecule is O=C(Cc1ccc2c(c1)CCO2)NCC1CN2CCCC2CO1. The van der Waals surface area contributed by atoms with Crippen LogP contribution < -0.4 is 10.1 Å². The lowest BCUT2D eigenvalue weighted by Crippen LogP contribution is -2.50. The fourth-order valence-corrected chi connectivity index (χ4v) is 3.83. The van der Waals surface area contributed by atoms with Crippen molar-refractivity contribution in [2.24, 2.45) is 0 Å². The van der Waals surface area contributed by atoms with Crippen molar-refractivity contribution >= 4 is 5.91 Å². The summed E-state index contributed by atoms with van der Waals surface area (Å²) in [4.78, 5) is 14.7. The van der Waals surface area contributed by atoms with Crippen LogP contribution in [0.1, 0.15) is 24.0 Å². The van der Waals surface area contributed by atoms with E-state index in [1.54, 1.807) is 0 Å². The third kappa shape index (κ3) is 3.35. The summed E-state index contributed by atoms with van der Waals surface area (Å²) in [7, 11) is 0. The number of ether oxygens (including phenoxy) is 2. The summed E-state index contributed by atoms with van der Waals surface area (Å²) in [5.41, 5.74) is 2.27. The molecule has 2 fully saturated rings. The number of hydrogen-bond donors (Lipinski definition) is 1. The molecule has 5 nitrogen and oxygen atoms in total. The highest BCUT2D eigenvalue weighted by Crippen LogP contribution is 2.26. The summed E-state index contributed by atoms with van der Waals surface area (Å²) in [6, 6.07) is 6.65. The average molecular weight is 316 g/mol. The third-order valence-electron chi connectivity index (χ3n) is 5.11. The first kappa shape index (κ1) is 15.0. The van der Waals surface area contributed by atoms with E-state index in [0.29, 0.717) is 19.0 Å². The minimum absolute atomic E-state index is 0.0658. The summed E-state index contributed by atoms with van der Waals surface area (Å²) >= 11 is 0. The molecule has 2 saturated heterocycles. The van der Waals surface area contributed by atoms with Gasteiger partial charge in [-0.25, -0.2) is 0 Å². The highest BCUT2D eigenvalue weighted by molar-refractivity contribution is 5.78. The molecule has 3 aliphatic heterocycles. The van der Waals surface area contributed by atoms with Gasteiger partial charge in [-0.3, -0.25) is 9.69 Å². The van der Waals surface area contributed by atoms with Gasteiger partial charge in [0.15, 0.2) is 0 Å². The first-order valence-electron chi connectivity index (χ1n) is 8.65. The van der Waals surface area contributed by atoms with Gasteiger partial charge in [-0.1, -0.05) is 12.1 Å². The van der Waals surface area contributed by atoms with E-state index in [4.69, 9.17) is 9.47 Å². The number of carbonyl (C=O) groups is 1. The van der Waals surface area contributed by atoms with Crippen LogP contribution in [0.5, 0.6) is 5.75 Å². The van der Waals surface area contributed by atoms with E-state index in [-0.39, 0.29) is 12.0 Å². The zero-order valence-corrected chi connectivity index (χ0v) is 13.4. The van der Waals surface area contributed by atoms with Crippen LogP contribution in [0.4, 0.5) is 0 Å². The number of carbonyl (C=O) groups excluding carboxylic acids is 1. The molecule has 4 rings (SSSR count). The molecule has 3 aliphatic rings. The lowest BCUT2D eigenvalue weighted by atomic mass is 10.1. The Bertz CT molecular complexity index is 590. The lowest BCUT2D eigenvalue weighted by molar-refractivity contribution is -0.121. The van der Waals surface area contributed by atoms with Crippen molar-refractivity contribution in [2.45, 2.75) is 37.8 Å². The average Bonchev–Trinajstić information content (AvgIpc) is 3.20. The van der Waals surface area contributed by atoms with Gasteiger partial charge in [0.1, 0.15) is 5.75 Å². The maximum atomic E-state index is 12.2. The standard InChI is InChI=1S/C18H24N2O3/c21-18(9-13-3-4-17-14(8-13)5-7-22-17)19-10-16-11-20-6-1-2-15(20)12-23-16/h3-4,8,15-16H,1-2,5-7,9-12H2,(H,19,21). The van der Waals surface area contributed by atoms with E-state index in [2.05, 4.69) is 16.3 Å². The minimum Gasteiger partial charge on any atom is -0.493 e. The molecule has 3 heterocycles. The molecule has 5 heteroatoms. The molecule has 124 valence electrons. The molecule has 0 saturated carbocycles. The first-order valence-corrected chi connectivity index (χ1v) is 8.65. The third-order valence-corrected chi connectivity index (χ3v) is 5.11. The number of nitrogens with one attached hydrogen (secondary N) is 1. The number of benzene rings is 1. The summed E-state index contributed by atoms with van der Waals surface area (Å²) in [6.45, 7) is 4.29. The predicted molar refractivity (Wildman–Crippen MR) is 86.7 cm³/mol. The van der Waals surface area contributed by atoms with E-state index < -0.39 is 0 Å². The van der Waals surface area contributed by atoms with Crippen LogP contribution in [0, 0.1) is 0 Å². The Hall–Kier alpha value is -1.59. The smallest absolute Gasteiger partial charge is 0.224 e. The van der Waals surface area contributed by atoms with E-state index >= 15 is 0 Å². The normalized spacial score (nSPS) is 26.4. The predicted octanol–water partition coefficient (Wildman–Crippen LogP) is 1.14. The van der Waals surface area contributed by atoms with Gasteiger partial charge in [0.2, 0.25) is 5.91 Å². The van der Waals surface area contributed by atoms with Crippen molar-refractivity contribution in [1.82, 2.24) is 10.2 Å². The molecule has 2 atom stereocenters. The van der Waals surface area contributed by atoms with Crippen molar-refractivity contribution in [3.63, 3.8) is 0 Å². The van der Waals surface area contributed by atoms with Gasteiger partial charge in [-0.05, 0) is 36.6 Å². The van der Waals surface area contributed by atoms with E-state index in [9.17, 15) is 4.79 Å². The highest BCUT2D eigenvalue weighted by Gasteiger charge is 2.32. The van der Waals surface area contributed by atoms with Crippen LogP contribution in [0.3, 0.4) is 0 Å². The van der Waals surface area contributed by atoms with Gasteiger partial charge in [0, 0.05) is 25.6 Å². The second kappa shape index (κ2) is 6.49. The van der Waals surface area contributed by atoms with Gasteiger partial charge in [-0.15, -0.1) is 0 Å². The van der Waals surface area contributed by atoms with Crippen molar-refractivity contribution < 1.29 is 14.3 Å². The van der Waals surface area contributed by atoms with Crippen LogP contribution in [0.2, 0.25) is 0 Å². The van der Waals surface area contributed by atoms with Crippen molar-refractivity contribution in [1.29, 1.82) is 0 Å². The van der Waals surface area contributed by atoms with Crippen LogP contribution in [-0.2, 0) is 22.4 Å². The second-order valence-corrected chi connectivity index (χ2v) is 6.77. The number of fused-ring (bicyclic) bond motifs is 2. The van der Waals surface area contributed by atoms with Crippen LogP contribution in [0.25, 0.3) is 0 Å². The highest BCUT2D eigenvalue weighted by atomic mass is 16.5. The van der Waals surface area contributed by atoms with E-state index in [1.807, 2.05) is 12.1 Å². The quantitative estimate of drug-likeness (QED) is 0.905. The maximum Gasteiger partial charge on any atom is 0.224 e. The molecule has 0 spiro atoms. The van der Waals surface area contributed by atoms with Crippen LogP contribution in [-0.4, -0.2) is 55.8 Å². The Balaban J connectivity index is 1.25. The number of nitrogens with zero attached hydrogens (tertiary/aromatic N) is 1. The monoisotopic (exact) mass is 316 g/mol. The fourth-order valence-electron chi connectivity index (χ4n) is 3.83. The van der Waals surface area contributed by atoms with Gasteiger partial charge in [0.05, 0.1) is 25.7 Å². The fraction of sp³-hybridized carbons (Fsp3) is 0.611. The Morgan fingerprint density at radius 2 is 2.35 bits per heavy atom. The van der Waals surface area contributed by atoms with Gasteiger partial charge in [0.25, 0.3) is 0 Å². The Labute approximate surface area is 136 Å². The summed E-state index contributed by atoms with van der Waals surface area (Å²) in [5, 5.41) is 3.03. The van der Waals surface area contributed by atoms with Crippen molar-refractivity contribution in [3.8, 4) is 5.75 Å². The zero-order chi connectivity index (χ0) is 15.6. The van der Waals surface area contributed by atoms with Gasteiger partial charge in [-0.2, -0.15) is 0 Å². The van der Waals surface area contributed by atoms with E-state index in [1.165, 1.54) is 24.9 Å². The molecule has 2 unspecified atom stereocenters. The number of rotatable bonds is 4. The topological polar surface area (TPSA) is 50.8 Å². The molecule has 1 aromatic carbocycles. The Morgan fingerprint density at radius 1 is 1.39 bits per heavy atom. The molecular formula is C18H24N2O3. The van der Waals surface area contributed by atoms with Crippen LogP contribution >= 0.6 is 0 Å². The second-order valence-electron chi connectivity index (χ2n) is 6.77. The molecule has 1 amide bonds. The Morgan fingerprint density at radius 3 is 3.30 bits per heavy atom. The summed E-state index contributed by atoms with van der Waals surface area (Å²) in [5.74, 6) is 1.03. The largest absolute Gasteiger partial charge is 0.493 e. The molecule has 0 radical (unpaired) electrons. The van der Waals surface area contributed by atoms with Crippen molar-refractivity contribution in [2.75, 3.05) is 32.8 Å². The Kier molecular flexibility index (Phi) is 4.23. The zero-order valence-electron chi connectivity index (χ0n) is 13.4. The van der Waals surface area contributed by atoms with Gasteiger partial charge < -0.3 is 14.8 Å². The summed E-state index contributed by atoms with van der Waals surface area (Å²) < 4.78 is 11.4. The molecule has 1 aromatic rings. The molecular weight excluding hydrogens is 292 g/mol. The summed E-state index contributed by atoms with van der Waals surface area (Å²) in [6.07, 6.45) is 4.02. The number of amides is 1. The molecule has 0 aliphatic carbocycles. The molecule has 0 aromatic heterocycles. The van der Waals surface area contributed by atoms with E-state index in [0.717, 1.165) is 37.5 Å². The number of morpholine rings is 1. The van der Waals surface area contributed by atoms with Crippen molar-refractivity contribution in [3.05, 3.63) is 29.3 Å². The first-order chi connectivity index (χ1) is 11.3. The maximum absolute atomic E-state index is 12.2. The minimum atomic E-state index is 0.0658.